The Morgan fingerprint density at radius 1 is 1.23 bits per heavy atom. The van der Waals surface area contributed by atoms with E-state index in [2.05, 4.69) is 29.3 Å². The predicted octanol–water partition coefficient (Wildman–Crippen LogP) is 5.85. The average Bonchev–Trinajstić information content (AvgIpc) is 2.66. The lowest BCUT2D eigenvalue weighted by atomic mass is 10.0. The maximum atomic E-state index is 9.13. The Morgan fingerprint density at radius 2 is 1.96 bits per heavy atom. The van der Waals surface area contributed by atoms with Gasteiger partial charge in [-0.1, -0.05) is 42.5 Å². The number of hydrogen-bond donors (Lipinski definition) is 0. The molecule has 1 heterocycles. The fourth-order valence-electron chi connectivity index (χ4n) is 2.75. The van der Waals surface area contributed by atoms with Crippen LogP contribution in [0.25, 0.3) is 16.9 Å². The molecule has 0 aliphatic carbocycles. The van der Waals surface area contributed by atoms with Crippen LogP contribution in [0.3, 0.4) is 0 Å². The Morgan fingerprint density at radius 3 is 2.54 bits per heavy atom. The van der Waals surface area contributed by atoms with Gasteiger partial charge in [-0.05, 0) is 55.2 Å². The molecule has 0 fully saturated rings. The second-order valence-corrected chi connectivity index (χ2v) is 6.01. The highest BCUT2D eigenvalue weighted by molar-refractivity contribution is 5.69. The van der Waals surface area contributed by atoms with Gasteiger partial charge < -0.3 is 4.74 Å². The third-order valence-corrected chi connectivity index (χ3v) is 4.14. The Labute approximate surface area is 156 Å². The van der Waals surface area contributed by atoms with E-state index in [9.17, 15) is 0 Å². The highest BCUT2D eigenvalue weighted by atomic mass is 16.5. The number of methoxy groups -OCH3 is 1. The molecule has 0 saturated heterocycles. The lowest BCUT2D eigenvalue weighted by Crippen LogP contribution is -1.98. The van der Waals surface area contributed by atoms with Gasteiger partial charge in [0.05, 0.1) is 19.6 Å². The fraction of sp³-hybridized carbons (Fsp3) is 0.217. The Hall–Kier alpha value is -3.12. The fourth-order valence-corrected chi connectivity index (χ4v) is 2.75. The van der Waals surface area contributed by atoms with Gasteiger partial charge in [-0.3, -0.25) is 4.98 Å². The molecule has 0 aliphatic heterocycles. The van der Waals surface area contributed by atoms with E-state index in [1.165, 1.54) is 0 Å². The van der Waals surface area contributed by atoms with Gasteiger partial charge in [-0.15, -0.1) is 0 Å². The molecule has 0 radical (unpaired) electrons. The van der Waals surface area contributed by atoms with Crippen LogP contribution in [0.2, 0.25) is 0 Å². The summed E-state index contributed by atoms with van der Waals surface area (Å²) in [6.45, 7) is 5.98. The van der Waals surface area contributed by atoms with Crippen molar-refractivity contribution in [2.24, 2.45) is 0 Å². The highest BCUT2D eigenvalue weighted by Crippen LogP contribution is 2.26. The number of nitriles is 1. The summed E-state index contributed by atoms with van der Waals surface area (Å²) in [5.41, 5.74) is 5.99. The minimum atomic E-state index is 0.324. The molecular formula is C23H24N2O. The summed E-state index contributed by atoms with van der Waals surface area (Å²) in [5.74, 6) is 0.663. The van der Waals surface area contributed by atoms with Crippen molar-refractivity contribution in [1.82, 2.24) is 4.98 Å². The number of ether oxygens (including phenoxy) is 1. The summed E-state index contributed by atoms with van der Waals surface area (Å²) >= 11 is 0. The number of aromatic nitrogens is 1. The van der Waals surface area contributed by atoms with Crippen molar-refractivity contribution in [2.75, 3.05) is 7.11 Å². The molecule has 132 valence electrons. The van der Waals surface area contributed by atoms with Gasteiger partial charge in [0, 0.05) is 11.8 Å². The van der Waals surface area contributed by atoms with Crippen molar-refractivity contribution < 1.29 is 4.74 Å². The molecule has 1 aromatic heterocycles. The maximum Gasteiger partial charge on any atom is 0.145 e. The molecule has 26 heavy (non-hydrogen) atoms. The first-order valence-corrected chi connectivity index (χ1v) is 8.58. The second kappa shape index (κ2) is 9.39. The smallest absolute Gasteiger partial charge is 0.145 e. The molecule has 2 rings (SSSR count). The van der Waals surface area contributed by atoms with Crippen molar-refractivity contribution in [1.29, 1.82) is 5.26 Å². The standard InChI is InChI=1S/C23H24N2O/c1-5-9-17(2)20(12-13-24)15-22(26-4)23-18(3)14-21(16-25-23)19-10-7-6-8-11-19/h5-11,14-16H,12H2,1-4H3/b9-5-,20-17+,22-15+. The van der Waals surface area contributed by atoms with Crippen molar-refractivity contribution >= 4 is 5.76 Å². The van der Waals surface area contributed by atoms with Gasteiger partial charge >= 0.3 is 0 Å². The van der Waals surface area contributed by atoms with Gasteiger partial charge in [0.1, 0.15) is 11.5 Å². The first-order valence-electron chi connectivity index (χ1n) is 8.58. The summed E-state index contributed by atoms with van der Waals surface area (Å²) in [6, 6.07) is 14.5. The highest BCUT2D eigenvalue weighted by Gasteiger charge is 2.11. The zero-order valence-electron chi connectivity index (χ0n) is 15.8. The van der Waals surface area contributed by atoms with Crippen LogP contribution >= 0.6 is 0 Å². The van der Waals surface area contributed by atoms with Gasteiger partial charge in [-0.2, -0.15) is 5.26 Å². The average molecular weight is 344 g/mol. The topological polar surface area (TPSA) is 45.9 Å². The molecule has 3 heteroatoms. The van der Waals surface area contributed by atoms with Crippen LogP contribution in [0.4, 0.5) is 0 Å². The number of benzene rings is 1. The van der Waals surface area contributed by atoms with E-state index in [4.69, 9.17) is 10.00 Å². The Bertz CT molecular complexity index is 884. The van der Waals surface area contributed by atoms with E-state index in [0.717, 1.165) is 33.5 Å². The van der Waals surface area contributed by atoms with E-state index in [-0.39, 0.29) is 0 Å². The third-order valence-electron chi connectivity index (χ3n) is 4.14. The minimum Gasteiger partial charge on any atom is -0.494 e. The lowest BCUT2D eigenvalue weighted by Gasteiger charge is -2.12. The largest absolute Gasteiger partial charge is 0.494 e. The van der Waals surface area contributed by atoms with Crippen LogP contribution < -0.4 is 0 Å². The lowest BCUT2D eigenvalue weighted by molar-refractivity contribution is 0.367. The summed E-state index contributed by atoms with van der Waals surface area (Å²) in [7, 11) is 1.63. The van der Waals surface area contributed by atoms with Crippen molar-refractivity contribution in [2.45, 2.75) is 27.2 Å². The summed E-state index contributed by atoms with van der Waals surface area (Å²) in [6.07, 6.45) is 8.05. The number of aryl methyl sites for hydroxylation is 1. The Balaban J connectivity index is 2.47. The first-order chi connectivity index (χ1) is 12.6. The molecule has 1 aromatic carbocycles. The summed E-state index contributed by atoms with van der Waals surface area (Å²) in [5, 5.41) is 9.13. The number of rotatable bonds is 6. The molecule has 0 spiro atoms. The van der Waals surface area contributed by atoms with Gasteiger partial charge in [0.25, 0.3) is 0 Å². The molecule has 0 atom stereocenters. The molecular weight excluding hydrogens is 320 g/mol. The molecule has 0 saturated carbocycles. The normalized spacial score (nSPS) is 12.7. The van der Waals surface area contributed by atoms with Gasteiger partial charge in [0.15, 0.2) is 0 Å². The van der Waals surface area contributed by atoms with Crippen LogP contribution in [-0.2, 0) is 4.74 Å². The molecule has 0 N–H and O–H groups in total. The van der Waals surface area contributed by atoms with Crippen LogP contribution in [0, 0.1) is 18.3 Å². The first kappa shape index (κ1) is 19.2. The number of nitrogens with zero attached hydrogens (tertiary/aromatic N) is 2. The SMILES string of the molecule is C\C=C/C(C)=C(/C=C(/OC)c1ncc(-c2ccccc2)cc1C)CC#N. The minimum absolute atomic E-state index is 0.324. The van der Waals surface area contributed by atoms with Crippen LogP contribution in [0.5, 0.6) is 0 Å². The van der Waals surface area contributed by atoms with E-state index >= 15 is 0 Å². The maximum absolute atomic E-state index is 9.13. The molecule has 0 amide bonds. The second-order valence-electron chi connectivity index (χ2n) is 6.01. The molecule has 0 unspecified atom stereocenters. The van der Waals surface area contributed by atoms with Gasteiger partial charge in [0.2, 0.25) is 0 Å². The quantitative estimate of drug-likeness (QED) is 0.488. The van der Waals surface area contributed by atoms with Crippen LogP contribution in [-0.4, -0.2) is 12.1 Å². The summed E-state index contributed by atoms with van der Waals surface area (Å²) < 4.78 is 5.60. The van der Waals surface area contributed by atoms with Crippen molar-refractivity contribution in [3.05, 3.63) is 83.2 Å². The number of allylic oxidation sites excluding steroid dienone is 5. The van der Waals surface area contributed by atoms with Crippen LogP contribution in [0.1, 0.15) is 31.5 Å². The molecule has 0 bridgehead atoms. The van der Waals surface area contributed by atoms with E-state index < -0.39 is 0 Å². The van der Waals surface area contributed by atoms with Gasteiger partial charge in [-0.25, -0.2) is 0 Å². The predicted molar refractivity (Wildman–Crippen MR) is 107 cm³/mol. The third kappa shape index (κ3) is 4.70. The van der Waals surface area contributed by atoms with E-state index in [0.29, 0.717) is 12.2 Å². The zero-order chi connectivity index (χ0) is 18.9. The Kier molecular flexibility index (Phi) is 6.93. The number of pyridine rings is 1. The molecule has 3 nitrogen and oxygen atoms in total. The monoisotopic (exact) mass is 344 g/mol. The van der Waals surface area contributed by atoms with E-state index in [1.807, 2.05) is 63.4 Å². The van der Waals surface area contributed by atoms with Crippen LogP contribution in [0.15, 0.2) is 72.0 Å². The van der Waals surface area contributed by atoms with Crippen molar-refractivity contribution in [3.63, 3.8) is 0 Å². The number of hydrogen-bond acceptors (Lipinski definition) is 3. The molecule has 0 aliphatic rings. The van der Waals surface area contributed by atoms with Crippen molar-refractivity contribution in [3.8, 4) is 17.2 Å². The van der Waals surface area contributed by atoms with E-state index in [1.54, 1.807) is 7.11 Å². The summed E-state index contributed by atoms with van der Waals surface area (Å²) in [4.78, 5) is 4.63. The zero-order valence-corrected chi connectivity index (χ0v) is 15.8. The molecule has 2 aromatic rings.